The van der Waals surface area contributed by atoms with Gasteiger partial charge < -0.3 is 10.1 Å². The lowest BCUT2D eigenvalue weighted by Crippen LogP contribution is -2.13. The molecule has 0 spiro atoms. The van der Waals surface area contributed by atoms with E-state index in [1.807, 2.05) is 6.07 Å². The molecule has 0 atom stereocenters. The second kappa shape index (κ2) is 9.29. The van der Waals surface area contributed by atoms with E-state index in [0.717, 1.165) is 5.56 Å². The zero-order valence-electron chi connectivity index (χ0n) is 15.2. The molecule has 0 saturated heterocycles. The van der Waals surface area contributed by atoms with E-state index in [4.69, 9.17) is 4.74 Å². The van der Waals surface area contributed by atoms with E-state index >= 15 is 0 Å². The molecule has 0 aromatic heterocycles. The minimum atomic E-state index is -0.618. The maximum Gasteiger partial charge on any atom is 0.266 e. The second-order valence-corrected chi connectivity index (χ2v) is 6.08. The Balaban J connectivity index is 1.76. The van der Waals surface area contributed by atoms with Crippen molar-refractivity contribution in [2.45, 2.75) is 6.61 Å². The molecular weight excluding hydrogens is 374 g/mol. The Bertz CT molecular complexity index is 1070. The van der Waals surface area contributed by atoms with E-state index in [1.165, 1.54) is 42.5 Å². The molecule has 4 nitrogen and oxygen atoms in total. The van der Waals surface area contributed by atoms with Crippen LogP contribution in [0.25, 0.3) is 6.08 Å². The van der Waals surface area contributed by atoms with Gasteiger partial charge in [-0.2, -0.15) is 5.26 Å². The number of nitrogens with zero attached hydrogens (tertiary/aromatic N) is 1. The van der Waals surface area contributed by atoms with E-state index in [9.17, 15) is 18.8 Å². The predicted molar refractivity (Wildman–Crippen MR) is 106 cm³/mol. The molecule has 29 heavy (non-hydrogen) atoms. The Kier molecular flexibility index (Phi) is 6.33. The highest BCUT2D eigenvalue weighted by molar-refractivity contribution is 6.09. The summed E-state index contributed by atoms with van der Waals surface area (Å²) in [6, 6.07) is 20.0. The van der Waals surface area contributed by atoms with Gasteiger partial charge >= 0.3 is 0 Å². The van der Waals surface area contributed by atoms with Crippen LogP contribution in [0.15, 0.2) is 78.4 Å². The minimum Gasteiger partial charge on any atom is -0.488 e. The van der Waals surface area contributed by atoms with E-state index in [1.54, 1.807) is 36.4 Å². The Morgan fingerprint density at radius 1 is 0.966 bits per heavy atom. The minimum absolute atomic E-state index is 0.132. The van der Waals surface area contributed by atoms with Crippen molar-refractivity contribution in [3.63, 3.8) is 0 Å². The molecule has 3 rings (SSSR count). The monoisotopic (exact) mass is 390 g/mol. The first-order valence-electron chi connectivity index (χ1n) is 8.70. The first-order chi connectivity index (χ1) is 14.0. The van der Waals surface area contributed by atoms with Gasteiger partial charge in [-0.05, 0) is 54.1 Å². The molecule has 0 aliphatic heterocycles. The number of para-hydroxylation sites is 1. The van der Waals surface area contributed by atoms with Gasteiger partial charge in [0.2, 0.25) is 0 Å². The number of hydrogen-bond acceptors (Lipinski definition) is 3. The number of benzene rings is 3. The molecule has 3 aromatic rings. The first-order valence-corrected chi connectivity index (χ1v) is 8.70. The van der Waals surface area contributed by atoms with Crippen LogP contribution in [0.4, 0.5) is 14.5 Å². The maximum atomic E-state index is 13.0. The molecular formula is C23H16F2N2O2. The van der Waals surface area contributed by atoms with E-state index in [-0.39, 0.29) is 18.0 Å². The summed E-state index contributed by atoms with van der Waals surface area (Å²) in [6.07, 6.45) is 1.42. The summed E-state index contributed by atoms with van der Waals surface area (Å²) in [4.78, 5) is 12.4. The van der Waals surface area contributed by atoms with E-state index in [0.29, 0.717) is 17.0 Å². The average Bonchev–Trinajstić information content (AvgIpc) is 2.74. The summed E-state index contributed by atoms with van der Waals surface area (Å²) >= 11 is 0. The first kappa shape index (κ1) is 19.8. The van der Waals surface area contributed by atoms with Gasteiger partial charge in [-0.15, -0.1) is 0 Å². The molecule has 1 amide bonds. The number of nitriles is 1. The van der Waals surface area contributed by atoms with Crippen molar-refractivity contribution in [1.29, 1.82) is 5.26 Å². The summed E-state index contributed by atoms with van der Waals surface area (Å²) in [5, 5.41) is 11.9. The molecule has 0 radical (unpaired) electrons. The van der Waals surface area contributed by atoms with Crippen LogP contribution in [0, 0.1) is 23.0 Å². The van der Waals surface area contributed by atoms with Gasteiger partial charge in [-0.3, -0.25) is 4.79 Å². The number of nitrogens with one attached hydrogen (secondary N) is 1. The highest BCUT2D eigenvalue weighted by atomic mass is 19.1. The van der Waals surface area contributed by atoms with Gasteiger partial charge in [-0.25, -0.2) is 8.78 Å². The largest absolute Gasteiger partial charge is 0.488 e. The van der Waals surface area contributed by atoms with Crippen LogP contribution >= 0.6 is 0 Å². The average molecular weight is 390 g/mol. The van der Waals surface area contributed by atoms with Crippen LogP contribution in [-0.4, -0.2) is 5.91 Å². The summed E-state index contributed by atoms with van der Waals surface area (Å²) in [5.41, 5.74) is 1.56. The van der Waals surface area contributed by atoms with Crippen molar-refractivity contribution in [2.24, 2.45) is 0 Å². The Hall–Kier alpha value is -3.98. The Labute approximate surface area is 166 Å². The highest BCUT2D eigenvalue weighted by Gasteiger charge is 2.11. The smallest absolute Gasteiger partial charge is 0.266 e. The van der Waals surface area contributed by atoms with Gasteiger partial charge in [0, 0.05) is 11.3 Å². The van der Waals surface area contributed by atoms with Crippen LogP contribution < -0.4 is 10.1 Å². The zero-order chi connectivity index (χ0) is 20.6. The molecule has 144 valence electrons. The quantitative estimate of drug-likeness (QED) is 0.471. The standard InChI is InChI=1S/C23H16F2N2O2/c24-19-7-5-16(6-8-19)15-29-22-4-2-1-3-17(22)13-18(14-26)23(28)27-21-11-9-20(25)10-12-21/h1-13H,15H2,(H,27,28)/b18-13+. The van der Waals surface area contributed by atoms with Crippen molar-refractivity contribution in [3.05, 3.63) is 101 Å². The fraction of sp³-hybridized carbons (Fsp3) is 0.0435. The molecule has 0 unspecified atom stereocenters. The molecule has 0 aliphatic carbocycles. The number of amides is 1. The zero-order valence-corrected chi connectivity index (χ0v) is 15.2. The van der Waals surface area contributed by atoms with Crippen LogP contribution in [0.1, 0.15) is 11.1 Å². The third kappa shape index (κ3) is 5.50. The maximum absolute atomic E-state index is 13.0. The number of rotatable bonds is 6. The van der Waals surface area contributed by atoms with Gasteiger partial charge in [-0.1, -0.05) is 30.3 Å². The van der Waals surface area contributed by atoms with Crippen LogP contribution in [0.5, 0.6) is 5.75 Å². The van der Waals surface area contributed by atoms with Crippen molar-refractivity contribution in [3.8, 4) is 11.8 Å². The van der Waals surface area contributed by atoms with Gasteiger partial charge in [0.05, 0.1) is 0 Å². The van der Waals surface area contributed by atoms with E-state index < -0.39 is 11.7 Å². The molecule has 0 heterocycles. The second-order valence-electron chi connectivity index (χ2n) is 6.08. The third-order valence-electron chi connectivity index (χ3n) is 3.99. The lowest BCUT2D eigenvalue weighted by molar-refractivity contribution is -0.112. The number of anilines is 1. The molecule has 6 heteroatoms. The SMILES string of the molecule is N#C/C(=C\c1ccccc1OCc1ccc(F)cc1)C(=O)Nc1ccc(F)cc1. The van der Waals surface area contributed by atoms with Crippen LogP contribution in [-0.2, 0) is 11.4 Å². The lowest BCUT2D eigenvalue weighted by Gasteiger charge is -2.10. The van der Waals surface area contributed by atoms with Gasteiger partial charge in [0.25, 0.3) is 5.91 Å². The molecule has 0 fully saturated rings. The van der Waals surface area contributed by atoms with Gasteiger partial charge in [0.1, 0.15) is 35.6 Å². The third-order valence-corrected chi connectivity index (χ3v) is 3.99. The Morgan fingerprint density at radius 3 is 2.24 bits per heavy atom. The number of carbonyl (C=O) groups excluding carboxylic acids is 1. The summed E-state index contributed by atoms with van der Waals surface area (Å²) in [7, 11) is 0. The normalized spacial score (nSPS) is 10.9. The van der Waals surface area contributed by atoms with Crippen LogP contribution in [0.3, 0.4) is 0 Å². The lowest BCUT2D eigenvalue weighted by atomic mass is 10.1. The fourth-order valence-corrected chi connectivity index (χ4v) is 2.51. The van der Waals surface area contributed by atoms with Crippen molar-refractivity contribution in [2.75, 3.05) is 5.32 Å². The topological polar surface area (TPSA) is 62.1 Å². The summed E-state index contributed by atoms with van der Waals surface area (Å²) < 4.78 is 31.8. The predicted octanol–water partition coefficient (Wildman–Crippen LogP) is 5.09. The number of carbonyl (C=O) groups is 1. The number of halogens is 2. The van der Waals surface area contributed by atoms with E-state index in [2.05, 4.69) is 5.32 Å². The Morgan fingerprint density at radius 2 is 1.59 bits per heavy atom. The van der Waals surface area contributed by atoms with Crippen molar-refractivity contribution >= 4 is 17.7 Å². The number of hydrogen-bond donors (Lipinski definition) is 1. The molecule has 0 aliphatic rings. The summed E-state index contributed by atoms with van der Waals surface area (Å²) in [6.45, 7) is 0.203. The van der Waals surface area contributed by atoms with Crippen molar-refractivity contribution < 1.29 is 18.3 Å². The van der Waals surface area contributed by atoms with Gasteiger partial charge in [0.15, 0.2) is 0 Å². The molecule has 3 aromatic carbocycles. The van der Waals surface area contributed by atoms with Crippen molar-refractivity contribution in [1.82, 2.24) is 0 Å². The van der Waals surface area contributed by atoms with Crippen LogP contribution in [0.2, 0.25) is 0 Å². The number of ether oxygens (including phenoxy) is 1. The summed E-state index contributed by atoms with van der Waals surface area (Å²) in [5.74, 6) is -0.902. The fourth-order valence-electron chi connectivity index (χ4n) is 2.51. The molecule has 1 N–H and O–H groups in total. The highest BCUT2D eigenvalue weighted by Crippen LogP contribution is 2.23. The molecule has 0 bridgehead atoms. The molecule has 0 saturated carbocycles.